The lowest BCUT2D eigenvalue weighted by Crippen LogP contribution is -2.41. The molecule has 0 radical (unpaired) electrons. The number of carbonyl (C=O) groups excluding carboxylic acids is 2. The number of hydrogen-bond donors (Lipinski definition) is 1. The van der Waals surface area contributed by atoms with Crippen LogP contribution >= 0.6 is 0 Å². The molecule has 3 aromatic rings. The second-order valence-electron chi connectivity index (χ2n) is 6.92. The number of methoxy groups -OCH3 is 1. The molecule has 0 saturated carbocycles. The average Bonchev–Trinajstić information content (AvgIpc) is 3.19. The van der Waals surface area contributed by atoms with E-state index >= 15 is 0 Å². The van der Waals surface area contributed by atoms with Crippen molar-refractivity contribution in [1.82, 2.24) is 9.88 Å². The van der Waals surface area contributed by atoms with Crippen LogP contribution in [0.3, 0.4) is 0 Å². The predicted molar refractivity (Wildman–Crippen MR) is 104 cm³/mol. The number of para-hydroxylation sites is 2. The van der Waals surface area contributed by atoms with Crippen molar-refractivity contribution in [3.63, 3.8) is 0 Å². The van der Waals surface area contributed by atoms with Crippen LogP contribution in [0.5, 0.6) is 0 Å². The first kappa shape index (κ1) is 18.9. The zero-order chi connectivity index (χ0) is 20.4. The highest BCUT2D eigenvalue weighted by Crippen LogP contribution is 2.29. The molecular formula is C21H20FN3O4. The van der Waals surface area contributed by atoms with Gasteiger partial charge in [0, 0.05) is 13.1 Å². The fourth-order valence-corrected chi connectivity index (χ4v) is 3.49. The smallest absolute Gasteiger partial charge is 0.337 e. The lowest BCUT2D eigenvalue weighted by atomic mass is 9.98. The molecule has 1 N–H and O–H groups in total. The van der Waals surface area contributed by atoms with Crippen molar-refractivity contribution >= 4 is 28.8 Å². The number of piperidine rings is 1. The van der Waals surface area contributed by atoms with Gasteiger partial charge in [-0.3, -0.25) is 0 Å². The molecule has 0 spiro atoms. The van der Waals surface area contributed by atoms with Gasteiger partial charge in [-0.2, -0.15) is 0 Å². The first-order chi connectivity index (χ1) is 14.0. The van der Waals surface area contributed by atoms with E-state index < -0.39 is 17.8 Å². The van der Waals surface area contributed by atoms with Gasteiger partial charge in [0.25, 0.3) is 0 Å². The van der Waals surface area contributed by atoms with Gasteiger partial charge in [0.2, 0.25) is 0 Å². The van der Waals surface area contributed by atoms with Crippen LogP contribution in [0.15, 0.2) is 46.9 Å². The molecule has 0 aliphatic carbocycles. The number of oxazole rings is 1. The minimum absolute atomic E-state index is 0.0341. The summed E-state index contributed by atoms with van der Waals surface area (Å²) in [5, 5.41) is 2.55. The van der Waals surface area contributed by atoms with E-state index in [0.717, 1.165) is 24.4 Å². The molecule has 1 fully saturated rings. The fourth-order valence-electron chi connectivity index (χ4n) is 3.49. The Kier molecular flexibility index (Phi) is 5.16. The summed E-state index contributed by atoms with van der Waals surface area (Å²) in [5.41, 5.74) is 1.59. The van der Waals surface area contributed by atoms with Gasteiger partial charge in [0.15, 0.2) is 11.5 Å². The number of ether oxygens (including phenoxy) is 1. The molecule has 0 bridgehead atoms. The summed E-state index contributed by atoms with van der Waals surface area (Å²) in [5.74, 6) is -0.663. The van der Waals surface area contributed by atoms with Gasteiger partial charge >= 0.3 is 12.0 Å². The topological polar surface area (TPSA) is 84.7 Å². The third kappa shape index (κ3) is 3.91. The molecular weight excluding hydrogens is 377 g/mol. The standard InChI is InChI=1S/C21H20FN3O4/c1-28-20(26)13-8-9-15(22)17(11-13)24-21(27)25-10-4-5-14(12-25)19-23-16-6-2-3-7-18(16)29-19/h2-3,6-9,11,14H,4-5,10,12H2,1H3,(H,24,27)/t14-/m0/s1. The molecule has 150 valence electrons. The van der Waals surface area contributed by atoms with Crippen LogP contribution < -0.4 is 5.32 Å². The molecule has 1 saturated heterocycles. The summed E-state index contributed by atoms with van der Waals surface area (Å²) < 4.78 is 24.6. The summed E-state index contributed by atoms with van der Waals surface area (Å²) in [6, 6.07) is 10.8. The summed E-state index contributed by atoms with van der Waals surface area (Å²) in [6.45, 7) is 0.956. The van der Waals surface area contributed by atoms with Gasteiger partial charge in [-0.05, 0) is 43.2 Å². The zero-order valence-electron chi connectivity index (χ0n) is 15.9. The van der Waals surface area contributed by atoms with Crippen LogP contribution in [0.2, 0.25) is 0 Å². The monoisotopic (exact) mass is 397 g/mol. The largest absolute Gasteiger partial charge is 0.465 e. The van der Waals surface area contributed by atoms with E-state index in [9.17, 15) is 14.0 Å². The van der Waals surface area contributed by atoms with Crippen LogP contribution in [-0.2, 0) is 4.74 Å². The maximum atomic E-state index is 14.1. The van der Waals surface area contributed by atoms with Crippen molar-refractivity contribution < 1.29 is 23.1 Å². The Morgan fingerprint density at radius 3 is 2.90 bits per heavy atom. The molecule has 8 heteroatoms. The van der Waals surface area contributed by atoms with Gasteiger partial charge in [0.05, 0.1) is 24.3 Å². The zero-order valence-corrected chi connectivity index (χ0v) is 15.9. The highest BCUT2D eigenvalue weighted by atomic mass is 19.1. The Morgan fingerprint density at radius 2 is 2.10 bits per heavy atom. The number of aromatic nitrogens is 1. The van der Waals surface area contributed by atoms with Crippen LogP contribution in [-0.4, -0.2) is 42.1 Å². The Labute approximate surface area is 166 Å². The lowest BCUT2D eigenvalue weighted by Gasteiger charge is -2.31. The molecule has 1 atom stereocenters. The second-order valence-corrected chi connectivity index (χ2v) is 6.92. The number of carbonyl (C=O) groups is 2. The van der Waals surface area contributed by atoms with Crippen molar-refractivity contribution in [2.75, 3.05) is 25.5 Å². The van der Waals surface area contributed by atoms with E-state index in [1.165, 1.54) is 19.2 Å². The highest BCUT2D eigenvalue weighted by molar-refractivity contribution is 5.94. The van der Waals surface area contributed by atoms with Gasteiger partial charge in [-0.15, -0.1) is 0 Å². The Bertz CT molecular complexity index is 1030. The summed E-state index contributed by atoms with van der Waals surface area (Å²) in [7, 11) is 1.24. The highest BCUT2D eigenvalue weighted by Gasteiger charge is 2.28. The normalized spacial score (nSPS) is 16.6. The maximum Gasteiger partial charge on any atom is 0.337 e. The number of benzene rings is 2. The van der Waals surface area contributed by atoms with Crippen LogP contribution in [0, 0.1) is 5.82 Å². The number of rotatable bonds is 3. The second kappa shape index (κ2) is 7.90. The maximum absolute atomic E-state index is 14.1. The van der Waals surface area contributed by atoms with Gasteiger partial charge in [-0.1, -0.05) is 12.1 Å². The summed E-state index contributed by atoms with van der Waals surface area (Å²) in [6.07, 6.45) is 1.63. The predicted octanol–water partition coefficient (Wildman–Crippen LogP) is 4.17. The fraction of sp³-hybridized carbons (Fsp3) is 0.286. The van der Waals surface area contributed by atoms with Crippen molar-refractivity contribution in [1.29, 1.82) is 0 Å². The van der Waals surface area contributed by atoms with Crippen molar-refractivity contribution in [3.05, 3.63) is 59.7 Å². The van der Waals surface area contributed by atoms with E-state index in [-0.39, 0.29) is 17.2 Å². The third-order valence-electron chi connectivity index (χ3n) is 5.00. The van der Waals surface area contributed by atoms with E-state index in [2.05, 4.69) is 15.0 Å². The molecule has 1 aliphatic rings. The third-order valence-corrected chi connectivity index (χ3v) is 5.00. The van der Waals surface area contributed by atoms with Gasteiger partial charge in [-0.25, -0.2) is 19.0 Å². The van der Waals surface area contributed by atoms with Crippen LogP contribution in [0.25, 0.3) is 11.1 Å². The van der Waals surface area contributed by atoms with Gasteiger partial charge in [0.1, 0.15) is 11.3 Å². The number of likely N-dealkylation sites (tertiary alicyclic amines) is 1. The molecule has 29 heavy (non-hydrogen) atoms. The molecule has 1 aliphatic heterocycles. The molecule has 7 nitrogen and oxygen atoms in total. The van der Waals surface area contributed by atoms with E-state index in [4.69, 9.17) is 4.42 Å². The molecule has 2 aromatic carbocycles. The SMILES string of the molecule is COC(=O)c1ccc(F)c(NC(=O)N2CCC[C@H](c3nc4ccccc4o3)C2)c1. The first-order valence-electron chi connectivity index (χ1n) is 9.34. The number of amides is 2. The number of halogens is 1. The number of anilines is 1. The van der Waals surface area contributed by atoms with E-state index in [1.807, 2.05) is 24.3 Å². The number of urea groups is 1. The van der Waals surface area contributed by atoms with Crippen molar-refractivity contribution in [2.24, 2.45) is 0 Å². The quantitative estimate of drug-likeness (QED) is 0.671. The number of fused-ring (bicyclic) bond motifs is 1. The van der Waals surface area contributed by atoms with Crippen LogP contribution in [0.1, 0.15) is 35.0 Å². The molecule has 2 amide bonds. The Balaban J connectivity index is 1.48. The number of nitrogens with one attached hydrogen (secondary N) is 1. The summed E-state index contributed by atoms with van der Waals surface area (Å²) in [4.78, 5) is 30.5. The first-order valence-corrected chi connectivity index (χ1v) is 9.34. The average molecular weight is 397 g/mol. The molecule has 0 unspecified atom stereocenters. The van der Waals surface area contributed by atoms with Crippen LogP contribution in [0.4, 0.5) is 14.9 Å². The van der Waals surface area contributed by atoms with E-state index in [0.29, 0.717) is 24.6 Å². The number of hydrogen-bond acceptors (Lipinski definition) is 5. The minimum atomic E-state index is -0.626. The Morgan fingerprint density at radius 1 is 1.28 bits per heavy atom. The summed E-state index contributed by atoms with van der Waals surface area (Å²) >= 11 is 0. The Hall–Kier alpha value is -3.42. The van der Waals surface area contributed by atoms with E-state index in [1.54, 1.807) is 4.90 Å². The molecule has 1 aromatic heterocycles. The molecule has 2 heterocycles. The van der Waals surface area contributed by atoms with Gasteiger partial charge < -0.3 is 19.4 Å². The van der Waals surface area contributed by atoms with Crippen molar-refractivity contribution in [3.8, 4) is 0 Å². The number of nitrogens with zero attached hydrogens (tertiary/aromatic N) is 2. The molecule has 4 rings (SSSR count). The number of esters is 1. The van der Waals surface area contributed by atoms with Crippen molar-refractivity contribution in [2.45, 2.75) is 18.8 Å². The lowest BCUT2D eigenvalue weighted by molar-refractivity contribution is 0.0600. The minimum Gasteiger partial charge on any atom is -0.465 e.